The SMILES string of the molecule is CCN1CCC(N2CCC(C3CCCCC3)C2)CC1. The lowest BCUT2D eigenvalue weighted by Gasteiger charge is -2.36. The first-order valence-electron chi connectivity index (χ1n) is 8.83. The van der Waals surface area contributed by atoms with Gasteiger partial charge < -0.3 is 4.90 Å². The summed E-state index contributed by atoms with van der Waals surface area (Å²) in [5.74, 6) is 2.12. The Morgan fingerprint density at radius 2 is 1.53 bits per heavy atom. The van der Waals surface area contributed by atoms with E-state index in [1.54, 1.807) is 0 Å². The highest BCUT2D eigenvalue weighted by molar-refractivity contribution is 4.88. The minimum absolute atomic E-state index is 0.913. The van der Waals surface area contributed by atoms with Gasteiger partial charge in [0.05, 0.1) is 0 Å². The van der Waals surface area contributed by atoms with Gasteiger partial charge in [-0.05, 0) is 57.3 Å². The van der Waals surface area contributed by atoms with Crippen LogP contribution in [0.2, 0.25) is 0 Å². The molecule has 3 rings (SSSR count). The number of likely N-dealkylation sites (tertiary alicyclic amines) is 2. The summed E-state index contributed by atoms with van der Waals surface area (Å²) in [4.78, 5) is 5.47. The molecule has 19 heavy (non-hydrogen) atoms. The van der Waals surface area contributed by atoms with E-state index < -0.39 is 0 Å². The van der Waals surface area contributed by atoms with E-state index in [9.17, 15) is 0 Å². The van der Waals surface area contributed by atoms with Gasteiger partial charge in [0, 0.05) is 12.6 Å². The Morgan fingerprint density at radius 3 is 2.21 bits per heavy atom. The van der Waals surface area contributed by atoms with Crippen LogP contribution in [0, 0.1) is 11.8 Å². The molecule has 1 aliphatic carbocycles. The highest BCUT2D eigenvalue weighted by Crippen LogP contribution is 2.36. The highest BCUT2D eigenvalue weighted by atomic mass is 15.2. The van der Waals surface area contributed by atoms with Crippen molar-refractivity contribution in [3.05, 3.63) is 0 Å². The quantitative estimate of drug-likeness (QED) is 0.771. The lowest BCUT2D eigenvalue weighted by atomic mass is 9.79. The predicted octanol–water partition coefficient (Wildman–Crippen LogP) is 3.37. The van der Waals surface area contributed by atoms with E-state index in [1.807, 2.05) is 0 Å². The van der Waals surface area contributed by atoms with Crippen LogP contribution in [0.25, 0.3) is 0 Å². The van der Waals surface area contributed by atoms with Crippen molar-refractivity contribution < 1.29 is 0 Å². The molecular weight excluding hydrogens is 232 g/mol. The number of hydrogen-bond donors (Lipinski definition) is 0. The van der Waals surface area contributed by atoms with E-state index in [4.69, 9.17) is 0 Å². The normalized spacial score (nSPS) is 33.0. The molecule has 2 nitrogen and oxygen atoms in total. The average Bonchev–Trinajstić information content (AvgIpc) is 2.98. The summed E-state index contributed by atoms with van der Waals surface area (Å²) in [6, 6.07) is 0.913. The summed E-state index contributed by atoms with van der Waals surface area (Å²) in [5, 5.41) is 0. The second-order valence-electron chi connectivity index (χ2n) is 7.11. The molecule has 0 aromatic rings. The van der Waals surface area contributed by atoms with Gasteiger partial charge in [0.2, 0.25) is 0 Å². The van der Waals surface area contributed by atoms with Gasteiger partial charge in [-0.15, -0.1) is 0 Å². The van der Waals surface area contributed by atoms with Crippen LogP contribution in [0.4, 0.5) is 0 Å². The lowest BCUT2D eigenvalue weighted by molar-refractivity contribution is 0.122. The zero-order chi connectivity index (χ0) is 13.1. The average molecular weight is 264 g/mol. The molecule has 2 aliphatic heterocycles. The molecule has 0 bridgehead atoms. The van der Waals surface area contributed by atoms with Gasteiger partial charge in [-0.1, -0.05) is 39.0 Å². The van der Waals surface area contributed by atoms with Crippen molar-refractivity contribution in [3.63, 3.8) is 0 Å². The van der Waals surface area contributed by atoms with Crippen LogP contribution in [-0.2, 0) is 0 Å². The van der Waals surface area contributed by atoms with Gasteiger partial charge in [0.1, 0.15) is 0 Å². The molecule has 1 unspecified atom stereocenters. The van der Waals surface area contributed by atoms with Crippen molar-refractivity contribution >= 4 is 0 Å². The maximum absolute atomic E-state index is 2.85. The van der Waals surface area contributed by atoms with Crippen molar-refractivity contribution in [3.8, 4) is 0 Å². The van der Waals surface area contributed by atoms with Crippen LogP contribution in [0.5, 0.6) is 0 Å². The zero-order valence-corrected chi connectivity index (χ0v) is 12.8. The van der Waals surface area contributed by atoms with Gasteiger partial charge >= 0.3 is 0 Å². The number of piperidine rings is 1. The predicted molar refractivity (Wildman–Crippen MR) is 81.4 cm³/mol. The standard InChI is InChI=1S/C17H32N2/c1-2-18-11-9-17(10-12-18)19-13-8-16(14-19)15-6-4-3-5-7-15/h15-17H,2-14H2,1H3. The summed E-state index contributed by atoms with van der Waals surface area (Å²) >= 11 is 0. The highest BCUT2D eigenvalue weighted by Gasteiger charge is 2.34. The fourth-order valence-electron chi connectivity index (χ4n) is 4.74. The largest absolute Gasteiger partial charge is 0.303 e. The summed E-state index contributed by atoms with van der Waals surface area (Å²) in [6.45, 7) is 9.06. The Bertz CT molecular complexity index is 264. The molecule has 0 radical (unpaired) electrons. The molecule has 2 saturated heterocycles. The monoisotopic (exact) mass is 264 g/mol. The summed E-state index contributed by atoms with van der Waals surface area (Å²) in [5.41, 5.74) is 0. The molecule has 0 aromatic heterocycles. The van der Waals surface area contributed by atoms with Gasteiger partial charge in [-0.2, -0.15) is 0 Å². The Labute approximate surface area is 119 Å². The van der Waals surface area contributed by atoms with Gasteiger partial charge in [-0.3, -0.25) is 4.90 Å². The Kier molecular flexibility index (Phi) is 4.81. The first-order chi connectivity index (χ1) is 9.36. The topological polar surface area (TPSA) is 6.48 Å². The van der Waals surface area contributed by atoms with Crippen LogP contribution in [0.1, 0.15) is 58.3 Å². The maximum Gasteiger partial charge on any atom is 0.0120 e. The molecule has 3 fully saturated rings. The van der Waals surface area contributed by atoms with Crippen molar-refractivity contribution in [2.75, 3.05) is 32.7 Å². The van der Waals surface area contributed by atoms with Gasteiger partial charge in [-0.25, -0.2) is 0 Å². The molecule has 0 spiro atoms. The van der Waals surface area contributed by atoms with Crippen LogP contribution >= 0.6 is 0 Å². The lowest BCUT2D eigenvalue weighted by Crippen LogP contribution is -2.44. The molecule has 1 atom stereocenters. The van der Waals surface area contributed by atoms with E-state index in [-0.39, 0.29) is 0 Å². The number of rotatable bonds is 3. The fraction of sp³-hybridized carbons (Fsp3) is 1.00. The third kappa shape index (κ3) is 3.33. The molecule has 110 valence electrons. The number of hydrogen-bond acceptors (Lipinski definition) is 2. The Balaban J connectivity index is 1.46. The maximum atomic E-state index is 2.85. The van der Waals surface area contributed by atoms with Crippen LogP contribution < -0.4 is 0 Å². The molecule has 3 aliphatic rings. The van der Waals surface area contributed by atoms with Crippen molar-refractivity contribution in [1.82, 2.24) is 9.80 Å². The van der Waals surface area contributed by atoms with Crippen LogP contribution in [0.15, 0.2) is 0 Å². The van der Waals surface area contributed by atoms with E-state index in [0.717, 1.165) is 17.9 Å². The van der Waals surface area contributed by atoms with Crippen LogP contribution in [-0.4, -0.2) is 48.6 Å². The van der Waals surface area contributed by atoms with Crippen molar-refractivity contribution in [1.29, 1.82) is 0 Å². The second-order valence-corrected chi connectivity index (χ2v) is 7.11. The molecule has 1 saturated carbocycles. The van der Waals surface area contributed by atoms with E-state index in [1.165, 1.54) is 84.1 Å². The Hall–Kier alpha value is -0.0800. The van der Waals surface area contributed by atoms with Crippen molar-refractivity contribution in [2.24, 2.45) is 11.8 Å². The molecule has 0 amide bonds. The third-order valence-electron chi connectivity index (χ3n) is 6.09. The molecule has 0 N–H and O–H groups in total. The first kappa shape index (κ1) is 13.9. The minimum Gasteiger partial charge on any atom is -0.303 e. The summed E-state index contributed by atoms with van der Waals surface area (Å²) < 4.78 is 0. The van der Waals surface area contributed by atoms with E-state index >= 15 is 0 Å². The first-order valence-corrected chi connectivity index (χ1v) is 8.83. The van der Waals surface area contributed by atoms with Crippen molar-refractivity contribution in [2.45, 2.75) is 64.3 Å². The number of nitrogens with zero attached hydrogens (tertiary/aromatic N) is 2. The van der Waals surface area contributed by atoms with E-state index in [2.05, 4.69) is 16.7 Å². The van der Waals surface area contributed by atoms with Gasteiger partial charge in [0.15, 0.2) is 0 Å². The van der Waals surface area contributed by atoms with Crippen LogP contribution in [0.3, 0.4) is 0 Å². The fourth-order valence-corrected chi connectivity index (χ4v) is 4.74. The molecule has 0 aromatic carbocycles. The van der Waals surface area contributed by atoms with Gasteiger partial charge in [0.25, 0.3) is 0 Å². The Morgan fingerprint density at radius 1 is 0.789 bits per heavy atom. The third-order valence-corrected chi connectivity index (χ3v) is 6.09. The second kappa shape index (κ2) is 6.58. The summed E-state index contributed by atoms with van der Waals surface area (Å²) in [6.07, 6.45) is 11.9. The summed E-state index contributed by atoms with van der Waals surface area (Å²) in [7, 11) is 0. The van der Waals surface area contributed by atoms with E-state index in [0.29, 0.717) is 0 Å². The smallest absolute Gasteiger partial charge is 0.0120 e. The molecule has 2 heterocycles. The minimum atomic E-state index is 0.913. The molecule has 2 heteroatoms. The zero-order valence-electron chi connectivity index (χ0n) is 12.8. The molecular formula is C17H32N2.